The van der Waals surface area contributed by atoms with E-state index >= 15 is 0 Å². The van der Waals surface area contributed by atoms with Crippen molar-refractivity contribution in [1.29, 1.82) is 0 Å². The predicted octanol–water partition coefficient (Wildman–Crippen LogP) is 4.98. The van der Waals surface area contributed by atoms with E-state index in [0.29, 0.717) is 5.02 Å². The van der Waals surface area contributed by atoms with Gasteiger partial charge >= 0.3 is 0 Å². The fourth-order valence-electron chi connectivity index (χ4n) is 1.95. The van der Waals surface area contributed by atoms with E-state index in [1.165, 1.54) is 19.3 Å². The number of hydrogen-bond acceptors (Lipinski definition) is 2. The maximum atomic E-state index is 6.12. The van der Waals surface area contributed by atoms with Crippen LogP contribution in [0.4, 0.5) is 0 Å². The summed E-state index contributed by atoms with van der Waals surface area (Å²) < 4.78 is 5.71. The van der Waals surface area contributed by atoms with Crippen molar-refractivity contribution in [2.75, 3.05) is 13.2 Å². The lowest BCUT2D eigenvalue weighted by atomic mass is 10.1. The Hall–Kier alpha value is -0.730. The fourth-order valence-corrected chi connectivity index (χ4v) is 2.24. The molecule has 20 heavy (non-hydrogen) atoms. The summed E-state index contributed by atoms with van der Waals surface area (Å²) in [6.07, 6.45) is 4.76. The van der Waals surface area contributed by atoms with Gasteiger partial charge in [0.2, 0.25) is 0 Å². The lowest BCUT2D eigenvalue weighted by Gasteiger charge is -2.20. The van der Waals surface area contributed by atoms with E-state index in [9.17, 15) is 0 Å². The Labute approximate surface area is 128 Å². The molecule has 0 amide bonds. The van der Waals surface area contributed by atoms with Crippen LogP contribution in [0.25, 0.3) is 0 Å². The molecule has 0 bridgehead atoms. The highest BCUT2D eigenvalue weighted by molar-refractivity contribution is 6.32. The Bertz CT molecular complexity index is 398. The standard InChI is InChI=1S/C17H28ClNO/c1-14-9-10-16(15(18)13-14)20-12-8-6-5-7-11-19-17(2,3)4/h9-10,13,19H,5-8,11-12H2,1-4H3. The molecule has 0 saturated carbocycles. The summed E-state index contributed by atoms with van der Waals surface area (Å²) in [6.45, 7) is 10.5. The lowest BCUT2D eigenvalue weighted by Crippen LogP contribution is -2.36. The number of benzene rings is 1. The number of hydrogen-bond donors (Lipinski definition) is 1. The highest BCUT2D eigenvalue weighted by Gasteiger charge is 2.06. The second-order valence-corrected chi connectivity index (χ2v) is 6.78. The zero-order chi connectivity index (χ0) is 15.0. The van der Waals surface area contributed by atoms with Crippen molar-refractivity contribution in [3.05, 3.63) is 28.8 Å². The molecule has 0 radical (unpaired) electrons. The third-order valence-corrected chi connectivity index (χ3v) is 3.37. The van der Waals surface area contributed by atoms with E-state index in [1.54, 1.807) is 0 Å². The average Bonchev–Trinajstić information content (AvgIpc) is 2.33. The third kappa shape index (κ3) is 7.76. The van der Waals surface area contributed by atoms with Gasteiger partial charge in [0.1, 0.15) is 5.75 Å². The molecule has 0 unspecified atom stereocenters. The van der Waals surface area contributed by atoms with Crippen molar-refractivity contribution in [2.45, 2.75) is 58.9 Å². The summed E-state index contributed by atoms with van der Waals surface area (Å²) in [5.41, 5.74) is 1.39. The molecule has 1 aromatic rings. The molecule has 0 aliphatic carbocycles. The second kappa shape index (κ2) is 8.53. The zero-order valence-electron chi connectivity index (χ0n) is 13.3. The van der Waals surface area contributed by atoms with Crippen molar-refractivity contribution in [2.24, 2.45) is 0 Å². The molecule has 1 aromatic carbocycles. The minimum absolute atomic E-state index is 0.227. The second-order valence-electron chi connectivity index (χ2n) is 6.37. The van der Waals surface area contributed by atoms with Crippen LogP contribution in [-0.4, -0.2) is 18.7 Å². The first-order valence-corrected chi connectivity index (χ1v) is 7.90. The molecule has 0 spiro atoms. The first-order valence-electron chi connectivity index (χ1n) is 7.52. The van der Waals surface area contributed by atoms with Gasteiger partial charge in [-0.25, -0.2) is 0 Å². The van der Waals surface area contributed by atoms with Crippen molar-refractivity contribution >= 4 is 11.6 Å². The fraction of sp³-hybridized carbons (Fsp3) is 0.647. The Morgan fingerprint density at radius 1 is 1.10 bits per heavy atom. The van der Waals surface area contributed by atoms with E-state index in [2.05, 4.69) is 26.1 Å². The summed E-state index contributed by atoms with van der Waals surface area (Å²) in [6, 6.07) is 5.92. The van der Waals surface area contributed by atoms with Crippen molar-refractivity contribution < 1.29 is 4.74 Å². The van der Waals surface area contributed by atoms with Gasteiger partial charge in [0.15, 0.2) is 0 Å². The molecule has 0 aromatic heterocycles. The maximum Gasteiger partial charge on any atom is 0.137 e. The molecule has 0 aliphatic heterocycles. The smallest absolute Gasteiger partial charge is 0.137 e. The van der Waals surface area contributed by atoms with E-state index in [1.807, 2.05) is 25.1 Å². The predicted molar refractivity (Wildman–Crippen MR) is 87.9 cm³/mol. The summed E-state index contributed by atoms with van der Waals surface area (Å²) >= 11 is 6.12. The van der Waals surface area contributed by atoms with Gasteiger partial charge in [-0.1, -0.05) is 30.5 Å². The van der Waals surface area contributed by atoms with Crippen molar-refractivity contribution in [3.8, 4) is 5.75 Å². The molecule has 0 saturated heterocycles. The summed E-state index contributed by atoms with van der Waals surface area (Å²) in [4.78, 5) is 0. The third-order valence-electron chi connectivity index (χ3n) is 3.07. The molecule has 2 nitrogen and oxygen atoms in total. The summed E-state index contributed by atoms with van der Waals surface area (Å²) in [5.74, 6) is 0.798. The minimum atomic E-state index is 0.227. The number of halogens is 1. The Morgan fingerprint density at radius 2 is 1.80 bits per heavy atom. The van der Waals surface area contributed by atoms with Gasteiger partial charge in [-0.3, -0.25) is 0 Å². The van der Waals surface area contributed by atoms with Gasteiger partial charge in [-0.15, -0.1) is 0 Å². The number of ether oxygens (including phenoxy) is 1. The molecule has 1 N–H and O–H groups in total. The zero-order valence-corrected chi connectivity index (χ0v) is 14.0. The quantitative estimate of drug-likeness (QED) is 0.684. The highest BCUT2D eigenvalue weighted by atomic mass is 35.5. The van der Waals surface area contributed by atoms with Crippen LogP contribution in [-0.2, 0) is 0 Å². The van der Waals surface area contributed by atoms with E-state index in [4.69, 9.17) is 16.3 Å². The highest BCUT2D eigenvalue weighted by Crippen LogP contribution is 2.25. The van der Waals surface area contributed by atoms with Gasteiger partial charge in [0.25, 0.3) is 0 Å². The molecule has 3 heteroatoms. The van der Waals surface area contributed by atoms with Crippen LogP contribution in [0.15, 0.2) is 18.2 Å². The molecule has 114 valence electrons. The van der Waals surface area contributed by atoms with E-state index in [0.717, 1.165) is 30.9 Å². The molecule has 1 rings (SSSR count). The van der Waals surface area contributed by atoms with Gasteiger partial charge in [0, 0.05) is 5.54 Å². The van der Waals surface area contributed by atoms with Crippen LogP contribution < -0.4 is 10.1 Å². The number of rotatable bonds is 8. The summed E-state index contributed by atoms with van der Waals surface area (Å²) in [5, 5.41) is 4.21. The van der Waals surface area contributed by atoms with Crippen LogP contribution in [0.1, 0.15) is 52.0 Å². The maximum absolute atomic E-state index is 6.12. The molecule has 0 atom stereocenters. The Kier molecular flexibility index (Phi) is 7.39. The van der Waals surface area contributed by atoms with Crippen LogP contribution in [0.3, 0.4) is 0 Å². The van der Waals surface area contributed by atoms with Crippen molar-refractivity contribution in [3.63, 3.8) is 0 Å². The van der Waals surface area contributed by atoms with Crippen LogP contribution >= 0.6 is 11.6 Å². The lowest BCUT2D eigenvalue weighted by molar-refractivity contribution is 0.304. The average molecular weight is 298 g/mol. The first kappa shape index (κ1) is 17.3. The normalized spacial score (nSPS) is 11.7. The number of unbranched alkanes of at least 4 members (excludes halogenated alkanes) is 3. The largest absolute Gasteiger partial charge is 0.492 e. The van der Waals surface area contributed by atoms with Crippen LogP contribution in [0.5, 0.6) is 5.75 Å². The first-order chi connectivity index (χ1) is 9.38. The number of aryl methyl sites for hydroxylation is 1. The van der Waals surface area contributed by atoms with Crippen LogP contribution in [0.2, 0.25) is 5.02 Å². The van der Waals surface area contributed by atoms with Gasteiger partial charge in [-0.2, -0.15) is 0 Å². The van der Waals surface area contributed by atoms with Crippen LogP contribution in [0, 0.1) is 6.92 Å². The van der Waals surface area contributed by atoms with E-state index < -0.39 is 0 Å². The molecular weight excluding hydrogens is 270 g/mol. The monoisotopic (exact) mass is 297 g/mol. The van der Waals surface area contributed by atoms with Gasteiger partial charge in [0.05, 0.1) is 11.6 Å². The Morgan fingerprint density at radius 3 is 2.45 bits per heavy atom. The van der Waals surface area contributed by atoms with Gasteiger partial charge < -0.3 is 10.1 Å². The minimum Gasteiger partial charge on any atom is -0.492 e. The summed E-state index contributed by atoms with van der Waals surface area (Å²) in [7, 11) is 0. The molecular formula is C17H28ClNO. The van der Waals surface area contributed by atoms with Gasteiger partial charge in [-0.05, 0) is 64.8 Å². The molecule has 0 heterocycles. The van der Waals surface area contributed by atoms with E-state index in [-0.39, 0.29) is 5.54 Å². The van der Waals surface area contributed by atoms with Crippen molar-refractivity contribution in [1.82, 2.24) is 5.32 Å². The SMILES string of the molecule is Cc1ccc(OCCCCCCNC(C)(C)C)c(Cl)c1. The molecule has 0 aliphatic rings. The molecule has 0 fully saturated rings. The topological polar surface area (TPSA) is 21.3 Å². The number of nitrogens with one attached hydrogen (secondary N) is 1. The Balaban J connectivity index is 2.05.